The van der Waals surface area contributed by atoms with Crippen LogP contribution in [-0.2, 0) is 47.5 Å². The topological polar surface area (TPSA) is 200 Å². The highest BCUT2D eigenvalue weighted by atomic mass is 16.7. The smallest absolute Gasteiger partial charge is 0.306 e. The van der Waals surface area contributed by atoms with E-state index >= 15 is 0 Å². The monoisotopic (exact) mass is 628 g/mol. The molecule has 1 spiro atoms. The van der Waals surface area contributed by atoms with Gasteiger partial charge in [-0.1, -0.05) is 26.8 Å². The lowest BCUT2D eigenvalue weighted by Gasteiger charge is -2.58. The molecule has 2 aliphatic carbocycles. The lowest BCUT2D eigenvalue weighted by Crippen LogP contribution is -2.68. The summed E-state index contributed by atoms with van der Waals surface area (Å²) < 4.78 is 42.4. The van der Waals surface area contributed by atoms with Crippen LogP contribution in [0, 0.1) is 16.7 Å². The number of rotatable bonds is 9. The SMILES string of the molecule is CC(=O)OC[C@]12C[C@H](OC(=O)CC(C)C)C(C)=CC1OC1[C@H](OC3O[C@H](CO)[C@@H](O)[C@H](O)[C@H]3O)[C@@H](OC(C)=O)[C@@]2(C)C12CO2. The third-order valence-electron chi connectivity index (χ3n) is 10.1. The highest BCUT2D eigenvalue weighted by Gasteiger charge is 2.87. The zero-order valence-electron chi connectivity index (χ0n) is 25.8. The second-order valence-electron chi connectivity index (χ2n) is 13.3. The van der Waals surface area contributed by atoms with Gasteiger partial charge in [-0.3, -0.25) is 14.4 Å². The van der Waals surface area contributed by atoms with Gasteiger partial charge in [0, 0.05) is 26.7 Å². The Balaban J connectivity index is 1.58. The minimum Gasteiger partial charge on any atom is -0.465 e. The first-order chi connectivity index (χ1) is 20.6. The fourth-order valence-corrected chi connectivity index (χ4v) is 7.71. The standard InChI is InChI=1S/C30H44O14/c1-13(2)7-20(34)41-17-9-29(11-38-15(4)32)19(8-14(17)3)43-26-24(25(40-16(5)33)28(29,6)30(26)12-39-30)44-27-23(37)22(36)21(35)18(10-31)42-27/h8,13,17-19,21-27,31,35-37H,7,9-12H2,1-6H3/t17-,18+,19?,21+,22-,23+,24+,25+,26?,27?,28+,29+,30?/m0/s1. The van der Waals surface area contributed by atoms with E-state index in [0.717, 1.165) is 5.57 Å². The number of carbonyl (C=O) groups is 3. The third kappa shape index (κ3) is 5.16. The molecule has 3 saturated heterocycles. The first-order valence-corrected chi connectivity index (χ1v) is 15.1. The van der Waals surface area contributed by atoms with Gasteiger partial charge < -0.3 is 53.6 Å². The molecule has 44 heavy (non-hydrogen) atoms. The molecular weight excluding hydrogens is 584 g/mol. The summed E-state index contributed by atoms with van der Waals surface area (Å²) in [4.78, 5) is 37.7. The molecule has 0 aromatic heterocycles. The summed E-state index contributed by atoms with van der Waals surface area (Å²) in [6, 6.07) is 0. The number of fused-ring (bicyclic) bond motifs is 2. The minimum absolute atomic E-state index is 0.0704. The molecule has 0 aromatic carbocycles. The summed E-state index contributed by atoms with van der Waals surface area (Å²) in [6.45, 7) is 9.31. The Labute approximate surface area is 255 Å². The molecule has 2 bridgehead atoms. The molecule has 248 valence electrons. The molecule has 14 nitrogen and oxygen atoms in total. The van der Waals surface area contributed by atoms with Gasteiger partial charge in [0.2, 0.25) is 0 Å². The zero-order valence-corrected chi connectivity index (χ0v) is 25.8. The van der Waals surface area contributed by atoms with E-state index in [2.05, 4.69) is 0 Å². The van der Waals surface area contributed by atoms with Crippen LogP contribution in [-0.4, -0.2) is 125 Å². The maximum absolute atomic E-state index is 12.8. The normalized spacial score (nSPS) is 45.8. The van der Waals surface area contributed by atoms with Gasteiger partial charge in [-0.05, 0) is 18.4 Å². The van der Waals surface area contributed by atoms with E-state index in [1.165, 1.54) is 13.8 Å². The van der Waals surface area contributed by atoms with Crippen molar-refractivity contribution in [2.75, 3.05) is 19.8 Å². The van der Waals surface area contributed by atoms with Crippen LogP contribution in [0.25, 0.3) is 0 Å². The molecule has 0 radical (unpaired) electrons. The summed E-state index contributed by atoms with van der Waals surface area (Å²) >= 11 is 0. The van der Waals surface area contributed by atoms with E-state index in [1.807, 2.05) is 33.8 Å². The third-order valence-corrected chi connectivity index (χ3v) is 10.1. The predicted molar refractivity (Wildman–Crippen MR) is 146 cm³/mol. The van der Waals surface area contributed by atoms with Gasteiger partial charge in [0.05, 0.1) is 30.1 Å². The van der Waals surface area contributed by atoms with Crippen molar-refractivity contribution in [1.29, 1.82) is 0 Å². The lowest BCUT2D eigenvalue weighted by atomic mass is 9.51. The summed E-state index contributed by atoms with van der Waals surface area (Å²) in [7, 11) is 0. The summed E-state index contributed by atoms with van der Waals surface area (Å²) in [5, 5.41) is 41.2. The van der Waals surface area contributed by atoms with Crippen molar-refractivity contribution in [3.05, 3.63) is 11.6 Å². The molecule has 5 aliphatic rings. The van der Waals surface area contributed by atoms with E-state index in [9.17, 15) is 34.8 Å². The summed E-state index contributed by atoms with van der Waals surface area (Å²) in [5.41, 5.74) is -2.69. The van der Waals surface area contributed by atoms with E-state index in [0.29, 0.717) is 0 Å². The Morgan fingerprint density at radius 3 is 2.30 bits per heavy atom. The first-order valence-electron chi connectivity index (χ1n) is 15.1. The second-order valence-corrected chi connectivity index (χ2v) is 13.3. The van der Waals surface area contributed by atoms with Crippen LogP contribution in [0.3, 0.4) is 0 Å². The quantitative estimate of drug-likeness (QED) is 0.110. The molecule has 1 saturated carbocycles. The fourth-order valence-electron chi connectivity index (χ4n) is 7.71. The highest BCUT2D eigenvalue weighted by Crippen LogP contribution is 2.72. The molecule has 14 heteroatoms. The number of epoxide rings is 1. The zero-order chi connectivity index (χ0) is 32.4. The molecule has 5 rings (SSSR count). The van der Waals surface area contributed by atoms with E-state index in [-0.39, 0.29) is 37.9 Å². The van der Waals surface area contributed by atoms with Crippen LogP contribution < -0.4 is 0 Å². The van der Waals surface area contributed by atoms with E-state index in [4.69, 9.17) is 33.2 Å². The van der Waals surface area contributed by atoms with Gasteiger partial charge in [-0.2, -0.15) is 0 Å². The number of esters is 3. The molecule has 4 fully saturated rings. The van der Waals surface area contributed by atoms with Crippen molar-refractivity contribution < 1.29 is 68.0 Å². The van der Waals surface area contributed by atoms with Crippen molar-refractivity contribution in [2.45, 2.75) is 121 Å². The number of aliphatic hydroxyl groups excluding tert-OH is 4. The molecular formula is C30H44O14. The van der Waals surface area contributed by atoms with Crippen LogP contribution in [0.15, 0.2) is 11.6 Å². The van der Waals surface area contributed by atoms with Gasteiger partial charge >= 0.3 is 17.9 Å². The molecule has 4 N–H and O–H groups in total. The minimum atomic E-state index is -1.72. The van der Waals surface area contributed by atoms with Crippen LogP contribution in [0.1, 0.15) is 54.4 Å². The lowest BCUT2D eigenvalue weighted by molar-refractivity contribution is -0.322. The fraction of sp³-hybridized carbons (Fsp3) is 0.833. The average Bonchev–Trinajstić information content (AvgIpc) is 3.72. The Kier molecular flexibility index (Phi) is 8.97. The molecule has 3 aliphatic heterocycles. The molecule has 0 amide bonds. The highest BCUT2D eigenvalue weighted by molar-refractivity contribution is 5.70. The summed E-state index contributed by atoms with van der Waals surface area (Å²) in [6.07, 6.45) is -10.2. The second kappa shape index (κ2) is 11.9. The Bertz CT molecular complexity index is 1160. The maximum Gasteiger partial charge on any atom is 0.306 e. The number of carbonyl (C=O) groups excluding carboxylic acids is 3. The van der Waals surface area contributed by atoms with Crippen molar-refractivity contribution in [3.8, 4) is 0 Å². The van der Waals surface area contributed by atoms with Crippen LogP contribution in [0.4, 0.5) is 0 Å². The van der Waals surface area contributed by atoms with E-state index in [1.54, 1.807) is 0 Å². The Morgan fingerprint density at radius 2 is 1.73 bits per heavy atom. The van der Waals surface area contributed by atoms with Crippen LogP contribution >= 0.6 is 0 Å². The maximum atomic E-state index is 12.8. The van der Waals surface area contributed by atoms with Gasteiger partial charge in [-0.25, -0.2) is 0 Å². The largest absolute Gasteiger partial charge is 0.465 e. The molecule has 13 atom stereocenters. The predicted octanol–water partition coefficient (Wildman–Crippen LogP) is -0.483. The number of aliphatic hydroxyl groups is 4. The van der Waals surface area contributed by atoms with Gasteiger partial charge in [0.15, 0.2) is 6.29 Å². The van der Waals surface area contributed by atoms with Crippen molar-refractivity contribution in [1.82, 2.24) is 0 Å². The van der Waals surface area contributed by atoms with Crippen molar-refractivity contribution in [2.24, 2.45) is 16.7 Å². The van der Waals surface area contributed by atoms with Crippen molar-refractivity contribution in [3.63, 3.8) is 0 Å². The Hall–Kier alpha value is -2.17. The first kappa shape index (κ1) is 33.2. The van der Waals surface area contributed by atoms with Gasteiger partial charge in [-0.15, -0.1) is 0 Å². The van der Waals surface area contributed by atoms with Gasteiger partial charge in [0.25, 0.3) is 0 Å². The molecule has 3 heterocycles. The number of ether oxygens (including phenoxy) is 7. The van der Waals surface area contributed by atoms with Crippen LogP contribution in [0.2, 0.25) is 0 Å². The summed E-state index contributed by atoms with van der Waals surface area (Å²) in [5.74, 6) is -1.52. The molecule has 0 aromatic rings. The van der Waals surface area contributed by atoms with E-state index < -0.39 is 96.2 Å². The Morgan fingerprint density at radius 1 is 1.05 bits per heavy atom. The number of hydrogen-bond donors (Lipinski definition) is 4. The van der Waals surface area contributed by atoms with Gasteiger partial charge in [0.1, 0.15) is 61.0 Å². The van der Waals surface area contributed by atoms with Crippen LogP contribution in [0.5, 0.6) is 0 Å². The average molecular weight is 629 g/mol. The number of hydrogen-bond acceptors (Lipinski definition) is 14. The molecule has 4 unspecified atom stereocenters. The van der Waals surface area contributed by atoms with Crippen molar-refractivity contribution >= 4 is 17.9 Å².